The fourth-order valence-corrected chi connectivity index (χ4v) is 1.20. The van der Waals surface area contributed by atoms with E-state index in [0.29, 0.717) is 0 Å². The molecule has 0 N–H and O–H groups in total. The molecule has 1 amide bonds. The third kappa shape index (κ3) is 2.21. The van der Waals surface area contributed by atoms with Gasteiger partial charge >= 0.3 is 6.09 Å². The second-order valence-corrected chi connectivity index (χ2v) is 2.70. The Balaban J connectivity index is 2.69. The van der Waals surface area contributed by atoms with Crippen LogP contribution in [-0.2, 0) is 4.74 Å². The molecule has 1 atom stereocenters. The van der Waals surface area contributed by atoms with Gasteiger partial charge in [0.05, 0.1) is 13.2 Å². The van der Waals surface area contributed by atoms with E-state index in [1.807, 2.05) is 12.2 Å². The van der Waals surface area contributed by atoms with Crippen molar-refractivity contribution >= 4 is 6.09 Å². The summed E-state index contributed by atoms with van der Waals surface area (Å²) in [5.41, 5.74) is 0. The molecular formula is C10H13NO2. The number of rotatable bonds is 2. The van der Waals surface area contributed by atoms with E-state index in [0.717, 1.165) is 6.42 Å². The van der Waals surface area contributed by atoms with Crippen LogP contribution >= 0.6 is 0 Å². The average molecular weight is 179 g/mol. The molecule has 1 aliphatic rings. The van der Waals surface area contributed by atoms with E-state index >= 15 is 0 Å². The number of amides is 1. The molecule has 0 bridgehead atoms. The molecule has 1 rings (SSSR count). The zero-order chi connectivity index (χ0) is 9.68. The number of methoxy groups -OCH3 is 1. The molecule has 13 heavy (non-hydrogen) atoms. The second-order valence-electron chi connectivity index (χ2n) is 2.70. The van der Waals surface area contributed by atoms with Crippen LogP contribution < -0.4 is 0 Å². The smallest absolute Gasteiger partial charge is 0.414 e. The Bertz CT molecular complexity index is 256. The molecule has 3 nitrogen and oxygen atoms in total. The van der Waals surface area contributed by atoms with E-state index in [2.05, 4.69) is 11.3 Å². The van der Waals surface area contributed by atoms with Crippen molar-refractivity contribution in [1.29, 1.82) is 0 Å². The first kappa shape index (κ1) is 9.58. The monoisotopic (exact) mass is 179 g/mol. The van der Waals surface area contributed by atoms with Crippen LogP contribution in [-0.4, -0.2) is 24.1 Å². The molecule has 0 aromatic heterocycles. The Morgan fingerprint density at radius 2 is 2.46 bits per heavy atom. The summed E-state index contributed by atoms with van der Waals surface area (Å²) in [5, 5.41) is 0. The molecule has 0 spiro atoms. The standard InChI is InChI=1S/C10H13NO2/c1-3-6-9-7-4-5-8-11(9)10(12)13-2/h3-5,7-9H,1,6H2,2H3. The van der Waals surface area contributed by atoms with Crippen molar-refractivity contribution in [2.75, 3.05) is 7.11 Å². The van der Waals surface area contributed by atoms with Crippen LogP contribution in [0.1, 0.15) is 6.42 Å². The van der Waals surface area contributed by atoms with Crippen molar-refractivity contribution in [2.24, 2.45) is 0 Å². The lowest BCUT2D eigenvalue weighted by molar-refractivity contribution is 0.132. The molecule has 70 valence electrons. The summed E-state index contributed by atoms with van der Waals surface area (Å²) in [6.45, 7) is 3.64. The third-order valence-electron chi connectivity index (χ3n) is 1.84. The lowest BCUT2D eigenvalue weighted by atomic mass is 10.1. The fourth-order valence-electron chi connectivity index (χ4n) is 1.20. The van der Waals surface area contributed by atoms with Crippen LogP contribution in [0.25, 0.3) is 0 Å². The molecule has 0 aromatic carbocycles. The molecule has 0 aromatic rings. The van der Waals surface area contributed by atoms with Gasteiger partial charge in [0.25, 0.3) is 0 Å². The molecule has 3 heteroatoms. The number of ether oxygens (including phenoxy) is 1. The van der Waals surface area contributed by atoms with Crippen molar-refractivity contribution in [1.82, 2.24) is 4.90 Å². The van der Waals surface area contributed by atoms with Crippen molar-refractivity contribution in [3.8, 4) is 0 Å². The van der Waals surface area contributed by atoms with Crippen LogP contribution in [0.2, 0.25) is 0 Å². The third-order valence-corrected chi connectivity index (χ3v) is 1.84. The SMILES string of the molecule is C=CCC1C=CC=CN1C(=O)OC. The highest BCUT2D eigenvalue weighted by Crippen LogP contribution is 2.13. The van der Waals surface area contributed by atoms with Crippen LogP contribution in [0.3, 0.4) is 0 Å². The minimum Gasteiger partial charge on any atom is -0.452 e. The Hall–Kier alpha value is -1.51. The highest BCUT2D eigenvalue weighted by atomic mass is 16.5. The maximum atomic E-state index is 11.2. The first-order chi connectivity index (χ1) is 6.29. The topological polar surface area (TPSA) is 29.5 Å². The van der Waals surface area contributed by atoms with Gasteiger partial charge in [-0.25, -0.2) is 4.79 Å². The van der Waals surface area contributed by atoms with E-state index in [4.69, 9.17) is 0 Å². The summed E-state index contributed by atoms with van der Waals surface area (Å²) in [4.78, 5) is 12.8. The molecule has 0 aliphatic carbocycles. The van der Waals surface area contributed by atoms with Gasteiger partial charge < -0.3 is 4.74 Å². The van der Waals surface area contributed by atoms with E-state index < -0.39 is 0 Å². The van der Waals surface area contributed by atoms with Crippen LogP contribution in [0, 0.1) is 0 Å². The van der Waals surface area contributed by atoms with Gasteiger partial charge in [-0.3, -0.25) is 4.90 Å². The van der Waals surface area contributed by atoms with E-state index in [1.54, 1.807) is 23.3 Å². The number of nitrogens with zero attached hydrogens (tertiary/aromatic N) is 1. The van der Waals surface area contributed by atoms with E-state index in [1.165, 1.54) is 7.11 Å². The van der Waals surface area contributed by atoms with E-state index in [9.17, 15) is 4.79 Å². The Kier molecular flexibility index (Phi) is 3.31. The van der Waals surface area contributed by atoms with Crippen molar-refractivity contribution < 1.29 is 9.53 Å². The highest BCUT2D eigenvalue weighted by Gasteiger charge is 2.19. The first-order valence-corrected chi connectivity index (χ1v) is 4.11. The molecule has 1 heterocycles. The van der Waals surface area contributed by atoms with Gasteiger partial charge in [0.2, 0.25) is 0 Å². The van der Waals surface area contributed by atoms with E-state index in [-0.39, 0.29) is 12.1 Å². The number of hydrogen-bond donors (Lipinski definition) is 0. The van der Waals surface area contributed by atoms with Gasteiger partial charge in [0.15, 0.2) is 0 Å². The lowest BCUT2D eigenvalue weighted by Crippen LogP contribution is -2.35. The molecule has 0 radical (unpaired) electrons. The largest absolute Gasteiger partial charge is 0.452 e. The molecule has 1 aliphatic heterocycles. The summed E-state index contributed by atoms with van der Waals surface area (Å²) in [7, 11) is 1.37. The first-order valence-electron chi connectivity index (χ1n) is 4.11. The van der Waals surface area contributed by atoms with Gasteiger partial charge in [0.1, 0.15) is 0 Å². The maximum Gasteiger partial charge on any atom is 0.414 e. The van der Waals surface area contributed by atoms with Gasteiger partial charge in [-0.1, -0.05) is 18.2 Å². The van der Waals surface area contributed by atoms with Crippen LogP contribution in [0.15, 0.2) is 37.1 Å². The Morgan fingerprint density at radius 1 is 1.69 bits per heavy atom. The molecule has 0 saturated heterocycles. The van der Waals surface area contributed by atoms with Crippen LogP contribution in [0.4, 0.5) is 4.79 Å². The molecule has 1 unspecified atom stereocenters. The number of allylic oxidation sites excluding steroid dienone is 2. The summed E-state index contributed by atoms with van der Waals surface area (Å²) in [6.07, 6.45) is 9.54. The molecule has 0 saturated carbocycles. The normalized spacial score (nSPS) is 20.1. The fraction of sp³-hybridized carbons (Fsp3) is 0.300. The van der Waals surface area contributed by atoms with Gasteiger partial charge in [0, 0.05) is 6.20 Å². The zero-order valence-corrected chi connectivity index (χ0v) is 7.64. The van der Waals surface area contributed by atoms with Gasteiger partial charge in [-0.05, 0) is 12.5 Å². The number of hydrogen-bond acceptors (Lipinski definition) is 2. The minimum absolute atomic E-state index is 0.0370. The number of carbonyl (C=O) groups excluding carboxylic acids is 1. The lowest BCUT2D eigenvalue weighted by Gasteiger charge is -2.25. The maximum absolute atomic E-state index is 11.2. The summed E-state index contributed by atoms with van der Waals surface area (Å²) >= 11 is 0. The summed E-state index contributed by atoms with van der Waals surface area (Å²) in [5.74, 6) is 0. The Morgan fingerprint density at radius 3 is 3.08 bits per heavy atom. The Labute approximate surface area is 78.0 Å². The van der Waals surface area contributed by atoms with Crippen molar-refractivity contribution in [3.05, 3.63) is 37.1 Å². The molecule has 0 fully saturated rings. The zero-order valence-electron chi connectivity index (χ0n) is 7.64. The van der Waals surface area contributed by atoms with Gasteiger partial charge in [-0.2, -0.15) is 0 Å². The van der Waals surface area contributed by atoms with Crippen molar-refractivity contribution in [2.45, 2.75) is 12.5 Å². The van der Waals surface area contributed by atoms with Crippen LogP contribution in [0.5, 0.6) is 0 Å². The highest BCUT2D eigenvalue weighted by molar-refractivity contribution is 5.70. The minimum atomic E-state index is -0.340. The summed E-state index contributed by atoms with van der Waals surface area (Å²) < 4.78 is 4.63. The predicted octanol–water partition coefficient (Wildman–Crippen LogP) is 2.08. The van der Waals surface area contributed by atoms with Gasteiger partial charge in [-0.15, -0.1) is 6.58 Å². The average Bonchev–Trinajstić information content (AvgIpc) is 2.18. The molecular weight excluding hydrogens is 166 g/mol. The number of carbonyl (C=O) groups is 1. The van der Waals surface area contributed by atoms with Crippen molar-refractivity contribution in [3.63, 3.8) is 0 Å². The quantitative estimate of drug-likeness (QED) is 0.607. The predicted molar refractivity (Wildman–Crippen MR) is 51.1 cm³/mol. The second kappa shape index (κ2) is 4.50. The summed E-state index contributed by atoms with van der Waals surface area (Å²) in [6, 6.07) is 0.0370.